The van der Waals surface area contributed by atoms with Crippen molar-refractivity contribution in [3.63, 3.8) is 0 Å². The molecule has 0 saturated heterocycles. The number of hydrogen-bond acceptors (Lipinski definition) is 5. The predicted octanol–water partition coefficient (Wildman–Crippen LogP) is -1.82. The molecular weight excluding hydrogens is 210 g/mol. The van der Waals surface area contributed by atoms with Gasteiger partial charge in [-0.1, -0.05) is 39.0 Å². The number of halogens is 1. The molecule has 3 N–H and O–H groups in total. The number of unbranched alkanes of at least 4 members (excludes halogenated alkanes) is 5. The smallest absolute Gasteiger partial charge is 0.0777 e. The summed E-state index contributed by atoms with van der Waals surface area (Å²) in [6, 6.07) is 0. The van der Waals surface area contributed by atoms with Gasteiger partial charge in [0.25, 0.3) is 0 Å². The lowest BCUT2D eigenvalue weighted by Gasteiger charge is -2.03. The van der Waals surface area contributed by atoms with E-state index in [2.05, 4.69) is 6.92 Å². The Hall–Kier alpha value is 0.0900. The molecule has 0 bridgehead atoms. The topological polar surface area (TPSA) is 115 Å². The fourth-order valence-corrected chi connectivity index (χ4v) is 0.925. The highest BCUT2D eigenvalue weighted by Gasteiger charge is 1.98. The van der Waals surface area contributed by atoms with Crippen molar-refractivity contribution >= 4 is 0 Å². The maximum Gasteiger partial charge on any atom is 0.0777 e. The Morgan fingerprint density at radius 3 is 1.71 bits per heavy atom. The summed E-state index contributed by atoms with van der Waals surface area (Å²) in [5.41, 5.74) is 5.34. The Bertz CT molecular complexity index is 96.0. The van der Waals surface area contributed by atoms with E-state index in [1.807, 2.05) is 0 Å². The molecular formula is C8H20ClNO4. The fourth-order valence-electron chi connectivity index (χ4n) is 0.925. The predicted molar refractivity (Wildman–Crippen MR) is 44.6 cm³/mol. The molecule has 0 fully saturated rings. The monoisotopic (exact) mass is 229 g/mol. The summed E-state index contributed by atoms with van der Waals surface area (Å²) < 4.78 is 32.7. The Kier molecular flexibility index (Phi) is 13.2. The van der Waals surface area contributed by atoms with Gasteiger partial charge in [-0.25, -0.2) is 0 Å². The summed E-state index contributed by atoms with van der Waals surface area (Å²) >= 11 is 0. The van der Waals surface area contributed by atoms with Crippen molar-refractivity contribution in [3.05, 3.63) is 0 Å². The summed E-state index contributed by atoms with van der Waals surface area (Å²) in [4.78, 5) is 0. The van der Waals surface area contributed by atoms with Crippen molar-refractivity contribution < 1.29 is 28.9 Å². The average molecular weight is 230 g/mol. The molecule has 0 saturated carbocycles. The maximum atomic E-state index is 8.60. The van der Waals surface area contributed by atoms with Gasteiger partial charge in [-0.2, -0.15) is 14.0 Å². The molecule has 0 aromatic rings. The minimum atomic E-state index is -4.69. The lowest BCUT2D eigenvalue weighted by Crippen LogP contribution is -2.58. The van der Waals surface area contributed by atoms with E-state index in [4.69, 9.17) is 24.4 Å². The zero-order chi connectivity index (χ0) is 11.4. The van der Waals surface area contributed by atoms with Gasteiger partial charge in [0, 0.05) is 0 Å². The van der Waals surface area contributed by atoms with Gasteiger partial charge in [0.15, 0.2) is 0 Å². The van der Waals surface area contributed by atoms with Crippen LogP contribution >= 0.6 is 0 Å². The molecule has 0 radical (unpaired) electrons. The van der Waals surface area contributed by atoms with Gasteiger partial charge in [-0.15, -0.1) is 0 Å². The Labute approximate surface area is 87.3 Å². The van der Waals surface area contributed by atoms with Crippen LogP contribution in [0.25, 0.3) is 0 Å². The van der Waals surface area contributed by atoms with Crippen molar-refractivity contribution in [3.8, 4) is 0 Å². The third kappa shape index (κ3) is 40.1. The minimum Gasteiger partial charge on any atom is -0.330 e. The number of rotatable bonds is 6. The molecule has 0 unspecified atom stereocenters. The van der Waals surface area contributed by atoms with Crippen LogP contribution in [0.15, 0.2) is 0 Å². The van der Waals surface area contributed by atoms with Crippen molar-refractivity contribution in [2.24, 2.45) is 5.73 Å². The molecule has 0 heterocycles. The van der Waals surface area contributed by atoms with E-state index in [0.29, 0.717) is 0 Å². The van der Waals surface area contributed by atoms with Crippen LogP contribution < -0.4 is 19.7 Å². The molecule has 0 aliphatic carbocycles. The maximum absolute atomic E-state index is 8.60. The quantitative estimate of drug-likeness (QED) is 0.521. The Morgan fingerprint density at radius 2 is 1.36 bits per heavy atom. The van der Waals surface area contributed by atoms with Gasteiger partial charge in [0.1, 0.15) is 0 Å². The molecule has 0 aliphatic heterocycles. The second-order valence-corrected chi connectivity index (χ2v) is 3.74. The molecule has 0 spiro atoms. The van der Waals surface area contributed by atoms with Crippen LogP contribution in [0.1, 0.15) is 45.4 Å². The van der Waals surface area contributed by atoms with E-state index in [1.54, 1.807) is 0 Å². The van der Waals surface area contributed by atoms with Crippen LogP contribution in [0.4, 0.5) is 0 Å². The molecule has 5 nitrogen and oxygen atoms in total. The van der Waals surface area contributed by atoms with E-state index in [0.717, 1.165) is 6.54 Å². The molecule has 0 aromatic carbocycles. The van der Waals surface area contributed by atoms with Gasteiger partial charge in [-0.05, 0) is 13.0 Å². The fraction of sp³-hybridized carbons (Fsp3) is 1.00. The summed E-state index contributed by atoms with van der Waals surface area (Å²) in [7, 11) is -4.69. The highest BCUT2D eigenvalue weighted by Crippen LogP contribution is 2.03. The molecule has 0 amide bonds. The molecule has 6 heteroatoms. The second-order valence-electron chi connectivity index (χ2n) is 2.95. The molecule has 0 rings (SSSR count). The second kappa shape index (κ2) is 11.2. The first-order valence-electron chi connectivity index (χ1n) is 4.75. The van der Waals surface area contributed by atoms with Crippen LogP contribution in [0.2, 0.25) is 0 Å². The van der Waals surface area contributed by atoms with Crippen LogP contribution in [0, 0.1) is 10.2 Å². The highest BCUT2D eigenvalue weighted by atomic mass is 35.7. The number of hydrogen-bond donors (Lipinski definition) is 2. The Morgan fingerprint density at radius 1 is 1.00 bits per heavy atom. The number of nitrogens with two attached hydrogens (primary N) is 1. The normalized spacial score (nSPS) is 10.7. The van der Waals surface area contributed by atoms with Gasteiger partial charge >= 0.3 is 0 Å². The first-order chi connectivity index (χ1) is 6.41. The van der Waals surface area contributed by atoms with Crippen molar-refractivity contribution in [1.29, 1.82) is 0 Å². The van der Waals surface area contributed by atoms with E-state index >= 15 is 0 Å². The summed E-state index contributed by atoms with van der Waals surface area (Å²) in [6.07, 6.45) is 8.05. The Balaban J connectivity index is 0. The SMILES string of the molecule is CCCCCCCCN.[O-][Cl+3]([O-])([O-])O. The third-order valence-corrected chi connectivity index (χ3v) is 1.56. The molecule has 0 atom stereocenters. The first kappa shape index (κ1) is 16.5. The van der Waals surface area contributed by atoms with Crippen LogP contribution in [0.3, 0.4) is 0 Å². The highest BCUT2D eigenvalue weighted by molar-refractivity contribution is 4.43. The lowest BCUT2D eigenvalue weighted by atomic mass is 10.1. The zero-order valence-electron chi connectivity index (χ0n) is 8.58. The van der Waals surface area contributed by atoms with Crippen LogP contribution in [0.5, 0.6) is 0 Å². The average Bonchev–Trinajstić information content (AvgIpc) is 2.01. The summed E-state index contributed by atoms with van der Waals surface area (Å²) in [5, 5.41) is 0. The van der Waals surface area contributed by atoms with E-state index in [-0.39, 0.29) is 0 Å². The summed E-state index contributed by atoms with van der Waals surface area (Å²) in [5.74, 6) is 0. The largest absolute Gasteiger partial charge is 0.330 e. The molecule has 0 aliphatic rings. The lowest BCUT2D eigenvalue weighted by molar-refractivity contribution is -1.92. The van der Waals surface area contributed by atoms with Crippen LogP contribution in [-0.4, -0.2) is 11.2 Å². The molecule has 14 heavy (non-hydrogen) atoms. The van der Waals surface area contributed by atoms with Crippen LogP contribution in [-0.2, 0) is 0 Å². The molecule has 88 valence electrons. The third-order valence-electron chi connectivity index (χ3n) is 1.56. The van der Waals surface area contributed by atoms with Gasteiger partial charge < -0.3 is 5.73 Å². The standard InChI is InChI=1S/C8H19N.ClHO4/c1-2-3-4-5-6-7-8-9;2-1(3,4)5/h2-9H2,1H3;(H,2,3,4,5). The van der Waals surface area contributed by atoms with Crippen molar-refractivity contribution in [2.45, 2.75) is 45.4 Å². The summed E-state index contributed by atoms with van der Waals surface area (Å²) in [6.45, 7) is 3.11. The van der Waals surface area contributed by atoms with E-state index < -0.39 is 10.2 Å². The minimum absolute atomic E-state index is 0.867. The van der Waals surface area contributed by atoms with E-state index in [9.17, 15) is 0 Å². The van der Waals surface area contributed by atoms with Crippen molar-refractivity contribution in [1.82, 2.24) is 0 Å². The molecule has 0 aromatic heterocycles. The van der Waals surface area contributed by atoms with E-state index in [1.165, 1.54) is 38.5 Å². The van der Waals surface area contributed by atoms with Crippen molar-refractivity contribution in [2.75, 3.05) is 6.54 Å². The zero-order valence-corrected chi connectivity index (χ0v) is 9.33. The van der Waals surface area contributed by atoms with Gasteiger partial charge in [0.05, 0.1) is 14.9 Å². The first-order valence-corrected chi connectivity index (χ1v) is 6.01. The van der Waals surface area contributed by atoms with Gasteiger partial charge in [-0.3, -0.25) is 0 Å². The van der Waals surface area contributed by atoms with Gasteiger partial charge in [0.2, 0.25) is 0 Å².